The zero-order valence-electron chi connectivity index (χ0n) is 10.2. The maximum Gasteiger partial charge on any atom is 0.133 e. The smallest absolute Gasteiger partial charge is 0.133 e. The number of aromatic nitrogens is 2. The zero-order valence-corrected chi connectivity index (χ0v) is 10.2. The number of hydrogen-bond acceptors (Lipinski definition) is 4. The normalized spacial score (nSPS) is 32.9. The Kier molecular flexibility index (Phi) is 2.84. The van der Waals surface area contributed by atoms with Crippen molar-refractivity contribution in [1.82, 2.24) is 9.97 Å². The Labute approximate surface area is 102 Å². The summed E-state index contributed by atoms with van der Waals surface area (Å²) >= 11 is 0. The molecule has 1 aromatic heterocycles. The summed E-state index contributed by atoms with van der Waals surface area (Å²) in [7, 11) is 0. The number of ether oxygens (including phenoxy) is 1. The van der Waals surface area contributed by atoms with E-state index in [9.17, 15) is 0 Å². The highest BCUT2D eigenvalue weighted by molar-refractivity contribution is 5.12. The molecule has 0 spiro atoms. The van der Waals surface area contributed by atoms with Gasteiger partial charge in [0.2, 0.25) is 0 Å². The highest BCUT2D eigenvalue weighted by Gasteiger charge is 2.42. The van der Waals surface area contributed by atoms with Gasteiger partial charge >= 0.3 is 0 Å². The van der Waals surface area contributed by atoms with Crippen molar-refractivity contribution in [3.63, 3.8) is 0 Å². The van der Waals surface area contributed by atoms with Crippen LogP contribution in [0.15, 0.2) is 12.4 Å². The quantitative estimate of drug-likeness (QED) is 0.857. The molecular formula is C13H19N3O. The van der Waals surface area contributed by atoms with E-state index in [0.717, 1.165) is 24.2 Å². The Balaban J connectivity index is 1.72. The van der Waals surface area contributed by atoms with Gasteiger partial charge in [0.05, 0.1) is 12.2 Å². The van der Waals surface area contributed by atoms with Crippen LogP contribution in [0.1, 0.15) is 43.5 Å². The van der Waals surface area contributed by atoms with Crippen LogP contribution in [0.3, 0.4) is 0 Å². The van der Waals surface area contributed by atoms with Crippen molar-refractivity contribution in [3.05, 3.63) is 23.8 Å². The zero-order chi connectivity index (χ0) is 11.8. The number of nitrogens with zero attached hydrogens (tertiary/aromatic N) is 2. The maximum atomic E-state index is 5.83. The van der Waals surface area contributed by atoms with Crippen LogP contribution < -0.4 is 5.73 Å². The fourth-order valence-electron chi connectivity index (χ4n) is 2.94. The van der Waals surface area contributed by atoms with Crippen LogP contribution in [0.4, 0.5) is 0 Å². The third-order valence-corrected chi connectivity index (χ3v) is 3.72. The summed E-state index contributed by atoms with van der Waals surface area (Å²) in [6, 6.07) is 0.162. The molecule has 1 aromatic rings. The first-order valence-electron chi connectivity index (χ1n) is 6.44. The van der Waals surface area contributed by atoms with Crippen LogP contribution in [-0.4, -0.2) is 28.2 Å². The number of rotatable bonds is 3. The molecule has 2 fully saturated rings. The average Bonchev–Trinajstić information content (AvgIpc) is 2.91. The van der Waals surface area contributed by atoms with E-state index < -0.39 is 0 Å². The van der Waals surface area contributed by atoms with Gasteiger partial charge < -0.3 is 10.5 Å². The SMILES string of the molecule is CC(N)Cc1cnc(C2CC3CCC2O3)nc1. The lowest BCUT2D eigenvalue weighted by Gasteiger charge is -2.17. The molecule has 2 aliphatic heterocycles. The van der Waals surface area contributed by atoms with Crippen molar-refractivity contribution >= 4 is 0 Å². The minimum atomic E-state index is 0.162. The second-order valence-electron chi connectivity index (χ2n) is 5.35. The molecule has 2 saturated heterocycles. The summed E-state index contributed by atoms with van der Waals surface area (Å²) in [5, 5.41) is 0. The molecule has 3 heterocycles. The largest absolute Gasteiger partial charge is 0.374 e. The second-order valence-corrected chi connectivity index (χ2v) is 5.35. The molecule has 92 valence electrons. The van der Waals surface area contributed by atoms with E-state index in [1.54, 1.807) is 0 Å². The molecule has 2 aliphatic rings. The van der Waals surface area contributed by atoms with E-state index in [-0.39, 0.29) is 6.04 Å². The molecule has 0 saturated carbocycles. The Hall–Kier alpha value is -1.00. The molecule has 4 nitrogen and oxygen atoms in total. The van der Waals surface area contributed by atoms with Crippen molar-refractivity contribution in [2.45, 2.75) is 56.8 Å². The standard InChI is InChI=1S/C13H19N3O/c1-8(14)4-9-6-15-13(16-7-9)11-5-10-2-3-12(11)17-10/h6-8,10-12H,2-5,14H2,1H3. The van der Waals surface area contributed by atoms with Crippen molar-refractivity contribution in [1.29, 1.82) is 0 Å². The van der Waals surface area contributed by atoms with Gasteiger partial charge in [-0.3, -0.25) is 0 Å². The molecule has 3 rings (SSSR count). The van der Waals surface area contributed by atoms with Gasteiger partial charge in [0.25, 0.3) is 0 Å². The van der Waals surface area contributed by atoms with Gasteiger partial charge in [-0.15, -0.1) is 0 Å². The van der Waals surface area contributed by atoms with Gasteiger partial charge in [-0.1, -0.05) is 0 Å². The predicted molar refractivity (Wildman–Crippen MR) is 64.6 cm³/mol. The molecule has 0 amide bonds. The third kappa shape index (κ3) is 2.19. The van der Waals surface area contributed by atoms with Crippen molar-refractivity contribution in [2.24, 2.45) is 5.73 Å². The summed E-state index contributed by atoms with van der Waals surface area (Å²) in [6.45, 7) is 2.00. The Bertz CT molecular complexity index is 390. The molecule has 0 aromatic carbocycles. The molecule has 2 bridgehead atoms. The number of fused-ring (bicyclic) bond motifs is 2. The van der Waals surface area contributed by atoms with E-state index in [4.69, 9.17) is 10.5 Å². The lowest BCUT2D eigenvalue weighted by Crippen LogP contribution is -2.19. The third-order valence-electron chi connectivity index (χ3n) is 3.72. The summed E-state index contributed by atoms with van der Waals surface area (Å²) in [4.78, 5) is 8.97. The monoisotopic (exact) mass is 233 g/mol. The average molecular weight is 233 g/mol. The molecule has 0 radical (unpaired) electrons. The summed E-state index contributed by atoms with van der Waals surface area (Å²) in [6.07, 6.45) is 8.96. The molecule has 0 aliphatic carbocycles. The van der Waals surface area contributed by atoms with Crippen molar-refractivity contribution in [2.75, 3.05) is 0 Å². The minimum absolute atomic E-state index is 0.162. The van der Waals surface area contributed by atoms with E-state index in [0.29, 0.717) is 18.1 Å². The molecule has 17 heavy (non-hydrogen) atoms. The van der Waals surface area contributed by atoms with Gasteiger partial charge in [-0.2, -0.15) is 0 Å². The molecule has 4 unspecified atom stereocenters. The van der Waals surface area contributed by atoms with Crippen molar-refractivity contribution in [3.8, 4) is 0 Å². The fourth-order valence-corrected chi connectivity index (χ4v) is 2.94. The van der Waals surface area contributed by atoms with Crippen LogP contribution in [0.5, 0.6) is 0 Å². The lowest BCUT2D eigenvalue weighted by atomic mass is 9.88. The second kappa shape index (κ2) is 4.35. The highest BCUT2D eigenvalue weighted by atomic mass is 16.5. The number of hydrogen-bond donors (Lipinski definition) is 1. The van der Waals surface area contributed by atoms with Crippen LogP contribution in [0.2, 0.25) is 0 Å². The first-order chi connectivity index (χ1) is 8.22. The van der Waals surface area contributed by atoms with Crippen LogP contribution >= 0.6 is 0 Å². The minimum Gasteiger partial charge on any atom is -0.374 e. The van der Waals surface area contributed by atoms with Crippen molar-refractivity contribution < 1.29 is 4.74 Å². The Morgan fingerprint density at radius 2 is 2.18 bits per heavy atom. The Morgan fingerprint density at radius 1 is 1.41 bits per heavy atom. The molecule has 4 heteroatoms. The van der Waals surface area contributed by atoms with E-state index in [1.165, 1.54) is 12.8 Å². The summed E-state index contributed by atoms with van der Waals surface area (Å²) in [5.41, 5.74) is 6.88. The number of nitrogens with two attached hydrogens (primary N) is 1. The Morgan fingerprint density at radius 3 is 2.71 bits per heavy atom. The van der Waals surface area contributed by atoms with Crippen LogP contribution in [0.25, 0.3) is 0 Å². The summed E-state index contributed by atoms with van der Waals surface area (Å²) < 4.78 is 5.83. The van der Waals surface area contributed by atoms with Crippen LogP contribution in [0, 0.1) is 0 Å². The first-order valence-corrected chi connectivity index (χ1v) is 6.44. The lowest BCUT2D eigenvalue weighted by molar-refractivity contribution is 0.0998. The van der Waals surface area contributed by atoms with Gasteiger partial charge in [0.15, 0.2) is 0 Å². The van der Waals surface area contributed by atoms with Gasteiger partial charge in [-0.05, 0) is 38.2 Å². The van der Waals surface area contributed by atoms with Gasteiger partial charge in [0, 0.05) is 24.4 Å². The highest BCUT2D eigenvalue weighted by Crippen LogP contribution is 2.43. The van der Waals surface area contributed by atoms with Gasteiger partial charge in [-0.25, -0.2) is 9.97 Å². The molecule has 2 N–H and O–H groups in total. The molecule has 4 atom stereocenters. The molecular weight excluding hydrogens is 214 g/mol. The topological polar surface area (TPSA) is 61.0 Å². The van der Waals surface area contributed by atoms with E-state index in [2.05, 4.69) is 9.97 Å². The first kappa shape index (κ1) is 11.1. The maximum absolute atomic E-state index is 5.83. The van der Waals surface area contributed by atoms with Crippen LogP contribution in [-0.2, 0) is 11.2 Å². The fraction of sp³-hybridized carbons (Fsp3) is 0.692. The van der Waals surface area contributed by atoms with E-state index in [1.807, 2.05) is 19.3 Å². The van der Waals surface area contributed by atoms with Gasteiger partial charge in [0.1, 0.15) is 5.82 Å². The van der Waals surface area contributed by atoms with E-state index >= 15 is 0 Å². The predicted octanol–water partition coefficient (Wildman–Crippen LogP) is 1.40. The summed E-state index contributed by atoms with van der Waals surface area (Å²) in [5.74, 6) is 1.36.